The van der Waals surface area contributed by atoms with Crippen molar-refractivity contribution >= 4 is 5.69 Å². The monoisotopic (exact) mass is 230 g/mol. The molecule has 3 heteroatoms. The Hall–Kier alpha value is -1.79. The zero-order valence-electron chi connectivity index (χ0n) is 10.4. The van der Waals surface area contributed by atoms with Crippen molar-refractivity contribution in [1.82, 2.24) is 0 Å². The molecule has 0 saturated heterocycles. The van der Waals surface area contributed by atoms with Crippen LogP contribution >= 0.6 is 0 Å². The minimum Gasteiger partial charge on any atom is -0.381 e. The predicted molar refractivity (Wildman–Crippen MR) is 70.0 cm³/mol. The molecule has 0 spiro atoms. The van der Waals surface area contributed by atoms with Crippen LogP contribution in [0.5, 0.6) is 0 Å². The van der Waals surface area contributed by atoms with Gasteiger partial charge in [0.05, 0.1) is 24.5 Å². The van der Waals surface area contributed by atoms with Crippen molar-refractivity contribution < 1.29 is 4.74 Å². The van der Waals surface area contributed by atoms with E-state index in [1.54, 1.807) is 0 Å². The van der Waals surface area contributed by atoms with E-state index >= 15 is 0 Å². The highest BCUT2D eigenvalue weighted by molar-refractivity contribution is 5.62. The Morgan fingerprint density at radius 2 is 2.29 bits per heavy atom. The van der Waals surface area contributed by atoms with Crippen LogP contribution in [0.25, 0.3) is 0 Å². The van der Waals surface area contributed by atoms with Gasteiger partial charge in [-0.25, -0.2) is 0 Å². The molecule has 90 valence electrons. The third-order valence-electron chi connectivity index (χ3n) is 2.29. The molecule has 0 aliphatic carbocycles. The summed E-state index contributed by atoms with van der Waals surface area (Å²) in [6.45, 7) is 9.56. The topological polar surface area (TPSA) is 45.0 Å². The molecular weight excluding hydrogens is 212 g/mol. The van der Waals surface area contributed by atoms with Crippen LogP contribution in [0, 0.1) is 18.3 Å². The van der Waals surface area contributed by atoms with Crippen molar-refractivity contribution in [1.29, 1.82) is 5.26 Å². The lowest BCUT2D eigenvalue weighted by Crippen LogP contribution is -2.12. The number of aryl methyl sites for hydroxylation is 1. The van der Waals surface area contributed by atoms with Crippen molar-refractivity contribution in [3.63, 3.8) is 0 Å². The van der Waals surface area contributed by atoms with Crippen molar-refractivity contribution in [3.8, 4) is 6.07 Å². The Labute approximate surface area is 103 Å². The molecule has 0 amide bonds. The fourth-order valence-corrected chi connectivity index (χ4v) is 1.49. The molecule has 0 radical (unpaired) electrons. The molecule has 0 atom stereocenters. The Morgan fingerprint density at radius 3 is 2.94 bits per heavy atom. The number of hydrogen-bond donors (Lipinski definition) is 1. The van der Waals surface area contributed by atoms with Crippen LogP contribution in [-0.2, 0) is 4.74 Å². The van der Waals surface area contributed by atoms with Crippen LogP contribution in [-0.4, -0.2) is 19.8 Å². The van der Waals surface area contributed by atoms with E-state index < -0.39 is 0 Å². The first-order valence-electron chi connectivity index (χ1n) is 5.61. The fraction of sp³-hybridized carbons (Fsp3) is 0.357. The van der Waals surface area contributed by atoms with Crippen LogP contribution in [0.4, 0.5) is 5.69 Å². The normalized spacial score (nSPS) is 9.71. The quantitative estimate of drug-likeness (QED) is 0.603. The van der Waals surface area contributed by atoms with E-state index in [4.69, 9.17) is 10.00 Å². The van der Waals surface area contributed by atoms with E-state index in [9.17, 15) is 0 Å². The maximum absolute atomic E-state index is 8.99. The molecule has 0 heterocycles. The summed E-state index contributed by atoms with van der Waals surface area (Å²) < 4.78 is 5.39. The second kappa shape index (κ2) is 6.72. The van der Waals surface area contributed by atoms with Gasteiger partial charge in [-0.3, -0.25) is 0 Å². The molecule has 0 bridgehead atoms. The molecule has 1 N–H and O–H groups in total. The van der Waals surface area contributed by atoms with E-state index in [0.29, 0.717) is 25.3 Å². The summed E-state index contributed by atoms with van der Waals surface area (Å²) in [5, 5.41) is 12.2. The Balaban J connectivity index is 2.47. The summed E-state index contributed by atoms with van der Waals surface area (Å²) in [6, 6.07) is 7.86. The lowest BCUT2D eigenvalue weighted by atomic mass is 10.1. The number of hydrogen-bond acceptors (Lipinski definition) is 3. The lowest BCUT2D eigenvalue weighted by Gasteiger charge is -2.11. The van der Waals surface area contributed by atoms with Gasteiger partial charge in [-0.2, -0.15) is 5.26 Å². The van der Waals surface area contributed by atoms with Crippen LogP contribution < -0.4 is 5.32 Å². The standard InChI is InChI=1S/C14H18N2O/c1-11(2)10-17-8-7-16-14-12(3)5-4-6-13(14)9-15/h4-6,16H,1,7-8,10H2,2-3H3. The molecule has 0 aromatic heterocycles. The van der Waals surface area contributed by atoms with Gasteiger partial charge in [0.2, 0.25) is 0 Å². The molecule has 1 aromatic rings. The minimum atomic E-state index is 0.584. The van der Waals surface area contributed by atoms with Crippen molar-refractivity contribution in [2.75, 3.05) is 25.1 Å². The summed E-state index contributed by atoms with van der Waals surface area (Å²) in [7, 11) is 0. The number of para-hydroxylation sites is 1. The zero-order chi connectivity index (χ0) is 12.7. The molecule has 3 nitrogen and oxygen atoms in total. The highest BCUT2D eigenvalue weighted by Crippen LogP contribution is 2.19. The number of anilines is 1. The number of benzene rings is 1. The molecule has 0 aliphatic heterocycles. The first kappa shape index (κ1) is 13.3. The van der Waals surface area contributed by atoms with E-state index in [1.165, 1.54) is 0 Å². The van der Waals surface area contributed by atoms with Crippen molar-refractivity contribution in [2.45, 2.75) is 13.8 Å². The number of rotatable bonds is 6. The minimum absolute atomic E-state index is 0.584. The first-order chi connectivity index (χ1) is 8.15. The molecule has 1 rings (SSSR count). The van der Waals surface area contributed by atoms with Gasteiger partial charge in [0.15, 0.2) is 0 Å². The molecule has 0 unspecified atom stereocenters. The predicted octanol–water partition coefficient (Wildman–Crippen LogP) is 2.87. The van der Waals surface area contributed by atoms with Crippen LogP contribution in [0.1, 0.15) is 18.1 Å². The van der Waals surface area contributed by atoms with E-state index in [-0.39, 0.29) is 0 Å². The van der Waals surface area contributed by atoms with Gasteiger partial charge in [-0.1, -0.05) is 24.3 Å². The van der Waals surface area contributed by atoms with Crippen LogP contribution in [0.15, 0.2) is 30.4 Å². The highest BCUT2D eigenvalue weighted by atomic mass is 16.5. The van der Waals surface area contributed by atoms with E-state index in [0.717, 1.165) is 16.8 Å². The number of nitrogens with one attached hydrogen (secondary N) is 1. The smallest absolute Gasteiger partial charge is 0.101 e. The Kier molecular flexibility index (Phi) is 5.25. The third-order valence-corrected chi connectivity index (χ3v) is 2.29. The van der Waals surface area contributed by atoms with Gasteiger partial charge in [0, 0.05) is 6.54 Å². The maximum atomic E-state index is 8.99. The van der Waals surface area contributed by atoms with Gasteiger partial charge < -0.3 is 10.1 Å². The average molecular weight is 230 g/mol. The average Bonchev–Trinajstić information content (AvgIpc) is 2.30. The summed E-state index contributed by atoms with van der Waals surface area (Å²) in [6.07, 6.45) is 0. The fourth-order valence-electron chi connectivity index (χ4n) is 1.49. The summed E-state index contributed by atoms with van der Waals surface area (Å²) in [5.41, 5.74) is 3.65. The number of nitrogens with zero attached hydrogens (tertiary/aromatic N) is 1. The molecule has 1 aromatic carbocycles. The SMILES string of the molecule is C=C(C)COCCNc1c(C)cccc1C#N. The van der Waals surface area contributed by atoms with Crippen LogP contribution in [0.2, 0.25) is 0 Å². The molecule has 0 saturated carbocycles. The second-order valence-electron chi connectivity index (χ2n) is 4.05. The lowest BCUT2D eigenvalue weighted by molar-refractivity contribution is 0.167. The van der Waals surface area contributed by atoms with Gasteiger partial charge >= 0.3 is 0 Å². The highest BCUT2D eigenvalue weighted by Gasteiger charge is 2.03. The van der Waals surface area contributed by atoms with Gasteiger partial charge in [0.1, 0.15) is 6.07 Å². The molecule has 0 fully saturated rings. The van der Waals surface area contributed by atoms with E-state index in [1.807, 2.05) is 32.0 Å². The van der Waals surface area contributed by atoms with Crippen LogP contribution in [0.3, 0.4) is 0 Å². The summed E-state index contributed by atoms with van der Waals surface area (Å²) >= 11 is 0. The van der Waals surface area contributed by atoms with Gasteiger partial charge in [-0.05, 0) is 25.5 Å². The first-order valence-corrected chi connectivity index (χ1v) is 5.61. The molecule has 0 aliphatic rings. The largest absolute Gasteiger partial charge is 0.381 e. The summed E-state index contributed by atoms with van der Waals surface area (Å²) in [5.74, 6) is 0. The maximum Gasteiger partial charge on any atom is 0.101 e. The molecule has 17 heavy (non-hydrogen) atoms. The Bertz CT molecular complexity index is 432. The zero-order valence-corrected chi connectivity index (χ0v) is 10.4. The van der Waals surface area contributed by atoms with Crippen molar-refractivity contribution in [2.24, 2.45) is 0 Å². The van der Waals surface area contributed by atoms with Crippen molar-refractivity contribution in [3.05, 3.63) is 41.5 Å². The van der Waals surface area contributed by atoms with E-state index in [2.05, 4.69) is 18.0 Å². The Morgan fingerprint density at radius 1 is 1.53 bits per heavy atom. The molecular formula is C14H18N2O. The third kappa shape index (κ3) is 4.29. The number of ether oxygens (including phenoxy) is 1. The summed E-state index contributed by atoms with van der Waals surface area (Å²) in [4.78, 5) is 0. The van der Waals surface area contributed by atoms with Gasteiger partial charge in [0.25, 0.3) is 0 Å². The number of nitriles is 1. The second-order valence-corrected chi connectivity index (χ2v) is 4.05. The van der Waals surface area contributed by atoms with Gasteiger partial charge in [-0.15, -0.1) is 0 Å².